The van der Waals surface area contributed by atoms with Crippen LogP contribution in [-0.2, 0) is 9.47 Å². The Hall–Kier alpha value is -0.160. The van der Waals surface area contributed by atoms with E-state index in [0.29, 0.717) is 0 Å². The molecule has 2 N–H and O–H groups in total. The Balaban J connectivity index is 2.20. The van der Waals surface area contributed by atoms with Crippen molar-refractivity contribution in [2.45, 2.75) is 50.9 Å². The number of nitrogens with zero attached hydrogens (tertiary/aromatic N) is 1. The molecule has 3 unspecified atom stereocenters. The zero-order valence-corrected chi connectivity index (χ0v) is 12.2. The highest BCUT2D eigenvalue weighted by molar-refractivity contribution is 5.10. The molecule has 1 saturated carbocycles. The summed E-state index contributed by atoms with van der Waals surface area (Å²) in [5.41, 5.74) is 6.58. The van der Waals surface area contributed by atoms with Gasteiger partial charge in [-0.2, -0.15) is 0 Å². The molecule has 0 spiro atoms. The molecule has 1 saturated heterocycles. The van der Waals surface area contributed by atoms with Crippen molar-refractivity contribution in [3.8, 4) is 0 Å². The Kier molecular flexibility index (Phi) is 4.02. The second-order valence-electron chi connectivity index (χ2n) is 6.43. The SMILES string of the molecule is COC1CN(C2(CN)CCCC2(C)C)CC1OC. The first kappa shape index (κ1) is 14.3. The van der Waals surface area contributed by atoms with Gasteiger partial charge in [-0.05, 0) is 18.3 Å². The number of hydrogen-bond donors (Lipinski definition) is 1. The highest BCUT2D eigenvalue weighted by Crippen LogP contribution is 2.50. The monoisotopic (exact) mass is 256 g/mol. The second kappa shape index (κ2) is 5.08. The number of methoxy groups -OCH3 is 2. The minimum Gasteiger partial charge on any atom is -0.377 e. The van der Waals surface area contributed by atoms with E-state index in [9.17, 15) is 0 Å². The minimum atomic E-state index is 0.122. The van der Waals surface area contributed by atoms with Crippen LogP contribution in [0.3, 0.4) is 0 Å². The first-order valence-corrected chi connectivity index (χ1v) is 7.01. The van der Waals surface area contributed by atoms with Gasteiger partial charge in [0.2, 0.25) is 0 Å². The van der Waals surface area contributed by atoms with E-state index in [1.165, 1.54) is 19.3 Å². The molecule has 0 aromatic rings. The summed E-state index contributed by atoms with van der Waals surface area (Å²) in [5.74, 6) is 0. The Bertz CT molecular complexity index is 284. The summed E-state index contributed by atoms with van der Waals surface area (Å²) < 4.78 is 11.1. The lowest BCUT2D eigenvalue weighted by Crippen LogP contribution is -2.59. The molecule has 1 heterocycles. The Morgan fingerprint density at radius 2 is 1.67 bits per heavy atom. The summed E-state index contributed by atoms with van der Waals surface area (Å²) >= 11 is 0. The minimum absolute atomic E-state index is 0.122. The van der Waals surface area contributed by atoms with Gasteiger partial charge in [-0.25, -0.2) is 0 Å². The maximum absolute atomic E-state index is 6.17. The quantitative estimate of drug-likeness (QED) is 0.822. The van der Waals surface area contributed by atoms with E-state index in [1.54, 1.807) is 14.2 Å². The standard InChI is InChI=1S/C14H28N2O2/c1-13(2)6-5-7-14(13,10-15)16-8-11(17-3)12(9-16)18-4/h11-12H,5-10,15H2,1-4H3. The smallest absolute Gasteiger partial charge is 0.0972 e. The lowest BCUT2D eigenvalue weighted by Gasteiger charge is -2.48. The maximum Gasteiger partial charge on any atom is 0.0972 e. The summed E-state index contributed by atoms with van der Waals surface area (Å²) in [4.78, 5) is 2.53. The van der Waals surface area contributed by atoms with Crippen molar-refractivity contribution in [1.29, 1.82) is 0 Å². The van der Waals surface area contributed by atoms with Crippen molar-refractivity contribution in [2.24, 2.45) is 11.1 Å². The summed E-state index contributed by atoms with van der Waals surface area (Å²) in [6.07, 6.45) is 4.08. The van der Waals surface area contributed by atoms with Crippen molar-refractivity contribution < 1.29 is 9.47 Å². The van der Waals surface area contributed by atoms with Gasteiger partial charge in [0.1, 0.15) is 0 Å². The molecule has 106 valence electrons. The van der Waals surface area contributed by atoms with E-state index < -0.39 is 0 Å². The van der Waals surface area contributed by atoms with E-state index in [1.807, 2.05) is 0 Å². The molecule has 3 atom stereocenters. The van der Waals surface area contributed by atoms with Gasteiger partial charge in [0.15, 0.2) is 0 Å². The van der Waals surface area contributed by atoms with Crippen LogP contribution in [-0.4, -0.2) is 56.5 Å². The molecule has 2 aliphatic rings. The Labute approximate surface area is 111 Å². The van der Waals surface area contributed by atoms with Crippen molar-refractivity contribution in [3.63, 3.8) is 0 Å². The predicted octanol–water partition coefficient (Wildman–Crippen LogP) is 1.24. The summed E-state index contributed by atoms with van der Waals surface area (Å²) in [6.45, 7) is 7.32. The largest absolute Gasteiger partial charge is 0.377 e. The molecule has 4 heteroatoms. The predicted molar refractivity (Wildman–Crippen MR) is 72.6 cm³/mol. The highest BCUT2D eigenvalue weighted by atomic mass is 16.5. The molecule has 18 heavy (non-hydrogen) atoms. The van der Waals surface area contributed by atoms with Crippen LogP contribution in [0.4, 0.5) is 0 Å². The number of hydrogen-bond acceptors (Lipinski definition) is 4. The Morgan fingerprint density at radius 3 is 2.00 bits per heavy atom. The molecule has 1 aliphatic heterocycles. The lowest BCUT2D eigenvalue weighted by atomic mass is 9.73. The van der Waals surface area contributed by atoms with Crippen LogP contribution in [0.15, 0.2) is 0 Å². The average molecular weight is 256 g/mol. The number of nitrogens with two attached hydrogens (primary N) is 1. The molecule has 0 amide bonds. The van der Waals surface area contributed by atoms with E-state index in [4.69, 9.17) is 15.2 Å². The van der Waals surface area contributed by atoms with Gasteiger partial charge in [-0.1, -0.05) is 20.3 Å². The zero-order valence-electron chi connectivity index (χ0n) is 12.2. The molecule has 0 aromatic carbocycles. The highest BCUT2D eigenvalue weighted by Gasteiger charge is 2.54. The van der Waals surface area contributed by atoms with Crippen molar-refractivity contribution in [2.75, 3.05) is 33.9 Å². The van der Waals surface area contributed by atoms with Gasteiger partial charge >= 0.3 is 0 Å². The van der Waals surface area contributed by atoms with Crippen LogP contribution in [0.5, 0.6) is 0 Å². The van der Waals surface area contributed by atoms with Crippen LogP contribution in [0, 0.1) is 5.41 Å². The van der Waals surface area contributed by atoms with Crippen molar-refractivity contribution in [3.05, 3.63) is 0 Å². The van der Waals surface area contributed by atoms with Crippen molar-refractivity contribution in [1.82, 2.24) is 4.90 Å². The fourth-order valence-electron chi connectivity index (χ4n) is 4.03. The Morgan fingerprint density at radius 1 is 1.11 bits per heavy atom. The summed E-state index contributed by atoms with van der Waals surface area (Å²) in [7, 11) is 3.55. The fraction of sp³-hybridized carbons (Fsp3) is 1.00. The average Bonchev–Trinajstić information content (AvgIpc) is 2.89. The van der Waals surface area contributed by atoms with E-state index in [-0.39, 0.29) is 23.2 Å². The summed E-state index contributed by atoms with van der Waals surface area (Å²) in [5, 5.41) is 0. The first-order chi connectivity index (χ1) is 8.50. The van der Waals surface area contributed by atoms with Crippen LogP contribution in [0.25, 0.3) is 0 Å². The molecule has 0 bridgehead atoms. The molecule has 0 radical (unpaired) electrons. The molecule has 1 aliphatic carbocycles. The van der Waals surface area contributed by atoms with Gasteiger partial charge in [-0.3, -0.25) is 4.90 Å². The fourth-order valence-corrected chi connectivity index (χ4v) is 4.03. The van der Waals surface area contributed by atoms with Crippen LogP contribution < -0.4 is 5.73 Å². The van der Waals surface area contributed by atoms with Crippen LogP contribution >= 0.6 is 0 Å². The first-order valence-electron chi connectivity index (χ1n) is 7.01. The molecular weight excluding hydrogens is 228 g/mol. The normalized spacial score (nSPS) is 40.5. The third kappa shape index (κ3) is 1.99. The van der Waals surface area contributed by atoms with Crippen LogP contribution in [0.1, 0.15) is 33.1 Å². The van der Waals surface area contributed by atoms with Crippen LogP contribution in [0.2, 0.25) is 0 Å². The van der Waals surface area contributed by atoms with Gasteiger partial charge in [0.25, 0.3) is 0 Å². The number of rotatable bonds is 4. The topological polar surface area (TPSA) is 47.7 Å². The third-order valence-electron chi connectivity index (χ3n) is 5.42. The maximum atomic E-state index is 6.17. The van der Waals surface area contributed by atoms with E-state index in [0.717, 1.165) is 19.6 Å². The zero-order chi connectivity index (χ0) is 13.4. The molecule has 2 fully saturated rings. The van der Waals surface area contributed by atoms with Gasteiger partial charge in [0, 0.05) is 39.4 Å². The molecule has 4 nitrogen and oxygen atoms in total. The second-order valence-corrected chi connectivity index (χ2v) is 6.43. The van der Waals surface area contributed by atoms with E-state index in [2.05, 4.69) is 18.7 Å². The number of ether oxygens (including phenoxy) is 2. The van der Waals surface area contributed by atoms with Gasteiger partial charge < -0.3 is 15.2 Å². The molecular formula is C14H28N2O2. The summed E-state index contributed by atoms with van der Waals surface area (Å²) in [6, 6.07) is 0. The molecule has 2 rings (SSSR count). The van der Waals surface area contributed by atoms with Gasteiger partial charge in [0.05, 0.1) is 12.2 Å². The third-order valence-corrected chi connectivity index (χ3v) is 5.42. The molecule has 0 aromatic heterocycles. The lowest BCUT2D eigenvalue weighted by molar-refractivity contribution is -0.00461. The van der Waals surface area contributed by atoms with Gasteiger partial charge in [-0.15, -0.1) is 0 Å². The van der Waals surface area contributed by atoms with Crippen molar-refractivity contribution >= 4 is 0 Å². The number of likely N-dealkylation sites (tertiary alicyclic amines) is 1. The van der Waals surface area contributed by atoms with E-state index >= 15 is 0 Å².